The van der Waals surface area contributed by atoms with E-state index in [4.69, 9.17) is 15.2 Å². The van der Waals surface area contributed by atoms with Gasteiger partial charge in [0, 0.05) is 30.6 Å². The molecule has 0 saturated carbocycles. The average molecular weight is 291 g/mol. The Morgan fingerprint density at radius 1 is 1.43 bits per heavy atom. The molecular formula is C16H25N3O2. The smallest absolute Gasteiger partial charge is 0.191 e. The molecule has 1 heterocycles. The SMILES string of the molecule is CCN(CC)C(N)=NCc1cc2c(cc1OC)CC(C)O2. The predicted octanol–water partition coefficient (Wildman–Crippen LogP) is 2.18. The van der Waals surface area contributed by atoms with Crippen LogP contribution in [-0.4, -0.2) is 37.2 Å². The standard InChI is InChI=1S/C16H25N3O2/c1-5-19(6-2)16(17)18-10-13-9-15-12(7-11(3)21-15)8-14(13)20-4/h8-9,11H,5-7,10H2,1-4H3,(H2,17,18). The highest BCUT2D eigenvalue weighted by atomic mass is 16.5. The molecular weight excluding hydrogens is 266 g/mol. The van der Waals surface area contributed by atoms with Crippen LogP contribution in [0.15, 0.2) is 17.1 Å². The van der Waals surface area contributed by atoms with Crippen molar-refractivity contribution in [3.63, 3.8) is 0 Å². The van der Waals surface area contributed by atoms with E-state index in [2.05, 4.69) is 31.8 Å². The van der Waals surface area contributed by atoms with Gasteiger partial charge < -0.3 is 20.1 Å². The summed E-state index contributed by atoms with van der Waals surface area (Å²) < 4.78 is 11.3. The summed E-state index contributed by atoms with van der Waals surface area (Å²) in [7, 11) is 1.68. The third-order valence-electron chi connectivity index (χ3n) is 3.80. The van der Waals surface area contributed by atoms with Crippen molar-refractivity contribution in [1.82, 2.24) is 4.90 Å². The fourth-order valence-electron chi connectivity index (χ4n) is 2.61. The van der Waals surface area contributed by atoms with E-state index >= 15 is 0 Å². The molecule has 1 aromatic carbocycles. The van der Waals surface area contributed by atoms with Crippen molar-refractivity contribution in [3.8, 4) is 11.5 Å². The zero-order chi connectivity index (χ0) is 15.4. The van der Waals surface area contributed by atoms with E-state index in [0.717, 1.165) is 36.6 Å². The second-order valence-corrected chi connectivity index (χ2v) is 5.25. The highest BCUT2D eigenvalue weighted by Gasteiger charge is 2.21. The van der Waals surface area contributed by atoms with Gasteiger partial charge in [-0.05, 0) is 32.9 Å². The molecule has 1 unspecified atom stereocenters. The summed E-state index contributed by atoms with van der Waals surface area (Å²) in [5.41, 5.74) is 8.22. The van der Waals surface area contributed by atoms with Gasteiger partial charge in [0.15, 0.2) is 5.96 Å². The summed E-state index contributed by atoms with van der Waals surface area (Å²) in [6, 6.07) is 4.08. The summed E-state index contributed by atoms with van der Waals surface area (Å²) in [5.74, 6) is 2.36. The van der Waals surface area contributed by atoms with Gasteiger partial charge in [-0.25, -0.2) is 4.99 Å². The molecule has 0 fully saturated rings. The van der Waals surface area contributed by atoms with E-state index in [9.17, 15) is 0 Å². The van der Waals surface area contributed by atoms with Crippen molar-refractivity contribution in [2.75, 3.05) is 20.2 Å². The van der Waals surface area contributed by atoms with Crippen molar-refractivity contribution in [2.24, 2.45) is 10.7 Å². The molecule has 1 aliphatic heterocycles. The number of hydrogen-bond donors (Lipinski definition) is 1. The number of nitrogens with zero attached hydrogens (tertiary/aromatic N) is 2. The third kappa shape index (κ3) is 3.40. The van der Waals surface area contributed by atoms with Gasteiger partial charge in [-0.15, -0.1) is 0 Å². The maximum Gasteiger partial charge on any atom is 0.191 e. The van der Waals surface area contributed by atoms with Gasteiger partial charge in [-0.3, -0.25) is 0 Å². The molecule has 0 aliphatic carbocycles. The first kappa shape index (κ1) is 15.5. The predicted molar refractivity (Wildman–Crippen MR) is 85.0 cm³/mol. The number of methoxy groups -OCH3 is 1. The lowest BCUT2D eigenvalue weighted by Crippen LogP contribution is -2.37. The highest BCUT2D eigenvalue weighted by molar-refractivity contribution is 5.78. The first-order valence-electron chi connectivity index (χ1n) is 7.50. The molecule has 0 spiro atoms. The Bertz CT molecular complexity index is 524. The van der Waals surface area contributed by atoms with Crippen LogP contribution >= 0.6 is 0 Å². The first-order valence-corrected chi connectivity index (χ1v) is 7.50. The number of hydrogen-bond acceptors (Lipinski definition) is 3. The number of nitrogens with two attached hydrogens (primary N) is 1. The van der Waals surface area contributed by atoms with Crippen LogP contribution in [0.1, 0.15) is 31.9 Å². The highest BCUT2D eigenvalue weighted by Crippen LogP contribution is 2.35. The molecule has 5 nitrogen and oxygen atoms in total. The van der Waals surface area contributed by atoms with E-state index < -0.39 is 0 Å². The van der Waals surface area contributed by atoms with E-state index in [1.54, 1.807) is 7.11 Å². The van der Waals surface area contributed by atoms with Gasteiger partial charge in [0.2, 0.25) is 0 Å². The van der Waals surface area contributed by atoms with Gasteiger partial charge in [-0.2, -0.15) is 0 Å². The lowest BCUT2D eigenvalue weighted by Gasteiger charge is -2.19. The minimum Gasteiger partial charge on any atom is -0.496 e. The molecule has 0 amide bonds. The lowest BCUT2D eigenvalue weighted by atomic mass is 10.1. The molecule has 1 atom stereocenters. The van der Waals surface area contributed by atoms with Gasteiger partial charge in [0.05, 0.1) is 13.7 Å². The number of aliphatic imine (C=N–C) groups is 1. The Hall–Kier alpha value is -1.91. The molecule has 21 heavy (non-hydrogen) atoms. The van der Waals surface area contributed by atoms with Crippen molar-refractivity contribution in [2.45, 2.75) is 39.8 Å². The van der Waals surface area contributed by atoms with Gasteiger partial charge in [0.25, 0.3) is 0 Å². The number of benzene rings is 1. The number of fused-ring (bicyclic) bond motifs is 1. The van der Waals surface area contributed by atoms with Crippen LogP contribution in [0.2, 0.25) is 0 Å². The van der Waals surface area contributed by atoms with Gasteiger partial charge in [0.1, 0.15) is 17.6 Å². The number of rotatable bonds is 5. The monoisotopic (exact) mass is 291 g/mol. The summed E-state index contributed by atoms with van der Waals surface area (Å²) in [4.78, 5) is 6.50. The van der Waals surface area contributed by atoms with Crippen LogP contribution in [0.25, 0.3) is 0 Å². The Morgan fingerprint density at radius 2 is 2.14 bits per heavy atom. The summed E-state index contributed by atoms with van der Waals surface area (Å²) in [6.07, 6.45) is 1.15. The van der Waals surface area contributed by atoms with E-state index in [1.807, 2.05) is 11.0 Å². The summed E-state index contributed by atoms with van der Waals surface area (Å²) in [5, 5.41) is 0. The molecule has 2 N–H and O–H groups in total. The fourth-order valence-corrected chi connectivity index (χ4v) is 2.61. The lowest BCUT2D eigenvalue weighted by molar-refractivity contribution is 0.254. The minimum atomic E-state index is 0.226. The van der Waals surface area contributed by atoms with Crippen LogP contribution in [0.5, 0.6) is 11.5 Å². The quantitative estimate of drug-likeness (QED) is 0.667. The molecule has 5 heteroatoms. The van der Waals surface area contributed by atoms with Crippen LogP contribution in [0, 0.1) is 0 Å². The van der Waals surface area contributed by atoms with Crippen LogP contribution in [0.3, 0.4) is 0 Å². The second-order valence-electron chi connectivity index (χ2n) is 5.25. The normalized spacial score (nSPS) is 17.3. The fraction of sp³-hybridized carbons (Fsp3) is 0.562. The van der Waals surface area contributed by atoms with Crippen LogP contribution in [-0.2, 0) is 13.0 Å². The molecule has 0 radical (unpaired) electrons. The van der Waals surface area contributed by atoms with E-state index in [1.165, 1.54) is 5.56 Å². The Balaban J connectivity index is 2.20. The average Bonchev–Trinajstić information content (AvgIpc) is 2.84. The van der Waals surface area contributed by atoms with Crippen LogP contribution in [0.4, 0.5) is 0 Å². The minimum absolute atomic E-state index is 0.226. The molecule has 0 bridgehead atoms. The third-order valence-corrected chi connectivity index (χ3v) is 3.80. The van der Waals surface area contributed by atoms with Crippen molar-refractivity contribution in [1.29, 1.82) is 0 Å². The molecule has 116 valence electrons. The van der Waals surface area contributed by atoms with Crippen molar-refractivity contribution in [3.05, 3.63) is 23.3 Å². The molecule has 2 rings (SSSR count). The maximum atomic E-state index is 6.02. The maximum absolute atomic E-state index is 6.02. The summed E-state index contributed by atoms with van der Waals surface area (Å²) >= 11 is 0. The van der Waals surface area contributed by atoms with E-state index in [-0.39, 0.29) is 6.10 Å². The van der Waals surface area contributed by atoms with Crippen molar-refractivity contribution < 1.29 is 9.47 Å². The zero-order valence-electron chi connectivity index (χ0n) is 13.3. The molecule has 0 saturated heterocycles. The largest absolute Gasteiger partial charge is 0.496 e. The second kappa shape index (κ2) is 6.70. The Kier molecular flexibility index (Phi) is 4.94. The number of guanidine groups is 1. The Labute approximate surface area is 126 Å². The Morgan fingerprint density at radius 3 is 2.76 bits per heavy atom. The topological polar surface area (TPSA) is 60.1 Å². The van der Waals surface area contributed by atoms with Crippen molar-refractivity contribution >= 4 is 5.96 Å². The first-order chi connectivity index (χ1) is 10.1. The van der Waals surface area contributed by atoms with E-state index in [0.29, 0.717) is 12.5 Å². The zero-order valence-corrected chi connectivity index (χ0v) is 13.3. The molecule has 1 aliphatic rings. The molecule has 0 aromatic heterocycles. The number of ether oxygens (including phenoxy) is 2. The van der Waals surface area contributed by atoms with Gasteiger partial charge in [-0.1, -0.05) is 0 Å². The summed E-state index contributed by atoms with van der Waals surface area (Å²) in [6.45, 7) is 8.41. The molecule has 1 aromatic rings. The van der Waals surface area contributed by atoms with Crippen LogP contribution < -0.4 is 15.2 Å². The van der Waals surface area contributed by atoms with Gasteiger partial charge >= 0.3 is 0 Å².